The van der Waals surface area contributed by atoms with Gasteiger partial charge in [0.1, 0.15) is 0 Å². The molecule has 3 heteroatoms. The monoisotopic (exact) mass is 330 g/mol. The molecule has 0 aromatic heterocycles. The summed E-state index contributed by atoms with van der Waals surface area (Å²) >= 11 is 2.30. The average Bonchev–Trinajstić information content (AvgIpc) is 2.29. The standard InChI is InChI=1S/C13H19IN2/c1-16(11-5-3-2-4-6-11)13-8-7-10(14)9-12(13)15/h7-9,11H,2-6,15H2,1H3. The zero-order chi connectivity index (χ0) is 11.5. The van der Waals surface area contributed by atoms with E-state index in [2.05, 4.69) is 52.7 Å². The van der Waals surface area contributed by atoms with Gasteiger partial charge in [0.15, 0.2) is 0 Å². The summed E-state index contributed by atoms with van der Waals surface area (Å²) in [7, 11) is 2.18. The van der Waals surface area contributed by atoms with Gasteiger partial charge in [-0.2, -0.15) is 0 Å². The van der Waals surface area contributed by atoms with E-state index in [1.54, 1.807) is 0 Å². The van der Waals surface area contributed by atoms with Gasteiger partial charge in [0, 0.05) is 16.7 Å². The molecule has 0 atom stereocenters. The highest BCUT2D eigenvalue weighted by atomic mass is 127. The number of hydrogen-bond donors (Lipinski definition) is 1. The van der Waals surface area contributed by atoms with Gasteiger partial charge in [0.05, 0.1) is 11.4 Å². The number of nitrogens with zero attached hydrogens (tertiary/aromatic N) is 1. The summed E-state index contributed by atoms with van der Waals surface area (Å²) in [5.74, 6) is 0. The summed E-state index contributed by atoms with van der Waals surface area (Å²) in [5, 5.41) is 0. The molecule has 1 aromatic carbocycles. The van der Waals surface area contributed by atoms with Crippen molar-refractivity contribution in [2.45, 2.75) is 38.1 Å². The van der Waals surface area contributed by atoms with Crippen LogP contribution in [0.2, 0.25) is 0 Å². The molecule has 1 aliphatic carbocycles. The number of benzene rings is 1. The molecule has 16 heavy (non-hydrogen) atoms. The topological polar surface area (TPSA) is 29.3 Å². The second-order valence-electron chi connectivity index (χ2n) is 4.61. The normalized spacial score (nSPS) is 17.4. The molecule has 2 N–H and O–H groups in total. The van der Waals surface area contributed by atoms with E-state index in [1.807, 2.05) is 0 Å². The smallest absolute Gasteiger partial charge is 0.0600 e. The summed E-state index contributed by atoms with van der Waals surface area (Å²) in [6.45, 7) is 0. The van der Waals surface area contributed by atoms with Gasteiger partial charge < -0.3 is 10.6 Å². The number of halogens is 1. The predicted octanol–water partition coefficient (Wildman–Crippen LogP) is 3.64. The fourth-order valence-electron chi connectivity index (χ4n) is 2.51. The van der Waals surface area contributed by atoms with Crippen LogP contribution in [0, 0.1) is 3.57 Å². The van der Waals surface area contributed by atoms with Gasteiger partial charge in [0.25, 0.3) is 0 Å². The zero-order valence-electron chi connectivity index (χ0n) is 9.75. The maximum absolute atomic E-state index is 6.08. The van der Waals surface area contributed by atoms with Crippen LogP contribution in [0.4, 0.5) is 11.4 Å². The van der Waals surface area contributed by atoms with Crippen molar-refractivity contribution in [3.8, 4) is 0 Å². The van der Waals surface area contributed by atoms with Crippen LogP contribution in [0.1, 0.15) is 32.1 Å². The van der Waals surface area contributed by atoms with Crippen LogP contribution in [0.25, 0.3) is 0 Å². The molecule has 2 rings (SSSR count). The van der Waals surface area contributed by atoms with Crippen molar-refractivity contribution in [3.05, 3.63) is 21.8 Å². The number of nitrogen functional groups attached to an aromatic ring is 1. The van der Waals surface area contributed by atoms with Gasteiger partial charge in [-0.3, -0.25) is 0 Å². The first-order valence-electron chi connectivity index (χ1n) is 5.96. The first-order chi connectivity index (χ1) is 7.68. The molecular weight excluding hydrogens is 311 g/mol. The van der Waals surface area contributed by atoms with Crippen LogP contribution in [-0.4, -0.2) is 13.1 Å². The summed E-state index contributed by atoms with van der Waals surface area (Å²) < 4.78 is 1.20. The van der Waals surface area contributed by atoms with E-state index in [-0.39, 0.29) is 0 Å². The Morgan fingerprint density at radius 2 is 1.94 bits per heavy atom. The molecule has 88 valence electrons. The van der Waals surface area contributed by atoms with Crippen molar-refractivity contribution in [2.75, 3.05) is 17.7 Å². The van der Waals surface area contributed by atoms with Crippen LogP contribution >= 0.6 is 22.6 Å². The quantitative estimate of drug-likeness (QED) is 0.663. The lowest BCUT2D eigenvalue weighted by Gasteiger charge is -2.33. The summed E-state index contributed by atoms with van der Waals surface area (Å²) in [5.41, 5.74) is 8.17. The van der Waals surface area contributed by atoms with Crippen molar-refractivity contribution >= 4 is 34.0 Å². The predicted molar refractivity (Wildman–Crippen MR) is 78.8 cm³/mol. The van der Waals surface area contributed by atoms with E-state index in [9.17, 15) is 0 Å². The van der Waals surface area contributed by atoms with Crippen LogP contribution in [0.5, 0.6) is 0 Å². The molecule has 1 aliphatic rings. The van der Waals surface area contributed by atoms with Crippen molar-refractivity contribution < 1.29 is 0 Å². The highest BCUT2D eigenvalue weighted by Crippen LogP contribution is 2.30. The molecule has 0 unspecified atom stereocenters. The molecular formula is C13H19IN2. The van der Waals surface area contributed by atoms with Crippen LogP contribution in [-0.2, 0) is 0 Å². The Bertz CT molecular complexity index is 359. The van der Waals surface area contributed by atoms with Crippen LogP contribution in [0.3, 0.4) is 0 Å². The van der Waals surface area contributed by atoms with Crippen molar-refractivity contribution in [3.63, 3.8) is 0 Å². The van der Waals surface area contributed by atoms with Gasteiger partial charge >= 0.3 is 0 Å². The molecule has 0 bridgehead atoms. The third kappa shape index (κ3) is 2.62. The Hall–Kier alpha value is -0.450. The molecule has 0 heterocycles. The summed E-state index contributed by atoms with van der Waals surface area (Å²) in [6.07, 6.45) is 6.73. The van der Waals surface area contributed by atoms with Gasteiger partial charge in [0.2, 0.25) is 0 Å². The number of rotatable bonds is 2. The third-order valence-electron chi connectivity index (χ3n) is 3.49. The first kappa shape index (κ1) is 12.0. The van der Waals surface area contributed by atoms with E-state index in [0.717, 1.165) is 5.69 Å². The van der Waals surface area contributed by atoms with Crippen molar-refractivity contribution in [1.29, 1.82) is 0 Å². The number of hydrogen-bond acceptors (Lipinski definition) is 2. The Morgan fingerprint density at radius 3 is 2.56 bits per heavy atom. The summed E-state index contributed by atoms with van der Waals surface area (Å²) in [6, 6.07) is 7.00. The highest BCUT2D eigenvalue weighted by Gasteiger charge is 2.19. The fourth-order valence-corrected chi connectivity index (χ4v) is 3.03. The maximum Gasteiger partial charge on any atom is 0.0600 e. The SMILES string of the molecule is CN(c1ccc(I)cc1N)C1CCCCC1. The number of anilines is 2. The molecule has 0 amide bonds. The van der Waals surface area contributed by atoms with Gasteiger partial charge in [-0.15, -0.1) is 0 Å². The van der Waals surface area contributed by atoms with Gasteiger partial charge in [-0.05, 0) is 53.6 Å². The maximum atomic E-state index is 6.08. The van der Waals surface area contributed by atoms with Crippen molar-refractivity contribution in [1.82, 2.24) is 0 Å². The molecule has 0 aliphatic heterocycles. The highest BCUT2D eigenvalue weighted by molar-refractivity contribution is 14.1. The lowest BCUT2D eigenvalue weighted by molar-refractivity contribution is 0.428. The minimum atomic E-state index is 0.677. The van der Waals surface area contributed by atoms with E-state index in [1.165, 1.54) is 41.4 Å². The number of nitrogens with two attached hydrogens (primary N) is 1. The summed E-state index contributed by atoms with van der Waals surface area (Å²) in [4.78, 5) is 2.37. The van der Waals surface area contributed by atoms with E-state index in [4.69, 9.17) is 5.73 Å². The Labute approximate surface area is 111 Å². The lowest BCUT2D eigenvalue weighted by atomic mass is 9.94. The molecule has 1 saturated carbocycles. The Kier molecular flexibility index (Phi) is 3.95. The molecule has 0 saturated heterocycles. The van der Waals surface area contributed by atoms with E-state index >= 15 is 0 Å². The second kappa shape index (κ2) is 5.25. The molecule has 2 nitrogen and oxygen atoms in total. The molecule has 1 aromatic rings. The van der Waals surface area contributed by atoms with Crippen LogP contribution in [0.15, 0.2) is 18.2 Å². The molecule has 1 fully saturated rings. The van der Waals surface area contributed by atoms with Gasteiger partial charge in [-0.25, -0.2) is 0 Å². The van der Waals surface area contributed by atoms with E-state index < -0.39 is 0 Å². The Morgan fingerprint density at radius 1 is 1.25 bits per heavy atom. The average molecular weight is 330 g/mol. The molecule has 0 radical (unpaired) electrons. The second-order valence-corrected chi connectivity index (χ2v) is 5.85. The zero-order valence-corrected chi connectivity index (χ0v) is 11.9. The largest absolute Gasteiger partial charge is 0.397 e. The van der Waals surface area contributed by atoms with E-state index in [0.29, 0.717) is 6.04 Å². The first-order valence-corrected chi connectivity index (χ1v) is 7.04. The van der Waals surface area contributed by atoms with Crippen molar-refractivity contribution in [2.24, 2.45) is 0 Å². The lowest BCUT2D eigenvalue weighted by Crippen LogP contribution is -2.33. The fraction of sp³-hybridized carbons (Fsp3) is 0.538. The minimum absolute atomic E-state index is 0.677. The molecule has 0 spiro atoms. The minimum Gasteiger partial charge on any atom is -0.397 e. The third-order valence-corrected chi connectivity index (χ3v) is 4.16. The Balaban J connectivity index is 2.15. The van der Waals surface area contributed by atoms with Gasteiger partial charge in [-0.1, -0.05) is 19.3 Å². The van der Waals surface area contributed by atoms with Crippen LogP contribution < -0.4 is 10.6 Å².